The van der Waals surface area contributed by atoms with Gasteiger partial charge in [0, 0.05) is 19.0 Å². The van der Waals surface area contributed by atoms with Gasteiger partial charge in [-0.1, -0.05) is 48.5 Å². The fourth-order valence-corrected chi connectivity index (χ4v) is 3.76. The second kappa shape index (κ2) is 9.23. The van der Waals surface area contributed by atoms with Crippen molar-refractivity contribution in [3.05, 3.63) is 90.0 Å². The Morgan fingerprint density at radius 2 is 1.47 bits per heavy atom. The number of hydrogen-bond acceptors (Lipinski definition) is 5. The Morgan fingerprint density at radius 1 is 0.833 bits per heavy atom. The van der Waals surface area contributed by atoms with E-state index in [-0.39, 0.29) is 16.4 Å². The lowest BCUT2D eigenvalue weighted by Gasteiger charge is -2.14. The van der Waals surface area contributed by atoms with Gasteiger partial charge < -0.3 is 10.6 Å². The topological polar surface area (TPSA) is 104 Å². The third-order valence-electron chi connectivity index (χ3n) is 4.20. The van der Waals surface area contributed by atoms with Gasteiger partial charge in [0.25, 0.3) is 15.9 Å². The van der Waals surface area contributed by atoms with Crippen molar-refractivity contribution in [3.63, 3.8) is 0 Å². The summed E-state index contributed by atoms with van der Waals surface area (Å²) in [5.41, 5.74) is 2.13. The van der Waals surface area contributed by atoms with Gasteiger partial charge in [0.2, 0.25) is 5.91 Å². The monoisotopic (exact) mass is 423 g/mol. The first-order valence-electron chi connectivity index (χ1n) is 9.17. The first-order valence-corrected chi connectivity index (χ1v) is 10.6. The molecule has 0 bridgehead atoms. The minimum Gasteiger partial charge on any atom is -0.379 e. The molecule has 0 atom stereocenters. The van der Waals surface area contributed by atoms with Crippen molar-refractivity contribution in [3.8, 4) is 0 Å². The van der Waals surface area contributed by atoms with E-state index in [0.29, 0.717) is 17.9 Å². The van der Waals surface area contributed by atoms with Gasteiger partial charge in [0.05, 0.1) is 16.3 Å². The molecule has 0 saturated carbocycles. The van der Waals surface area contributed by atoms with Crippen LogP contribution in [0.5, 0.6) is 0 Å². The lowest BCUT2D eigenvalue weighted by molar-refractivity contribution is -0.114. The molecule has 2 amide bonds. The number of sulfonamides is 1. The van der Waals surface area contributed by atoms with Gasteiger partial charge in [-0.25, -0.2) is 13.1 Å². The highest BCUT2D eigenvalue weighted by atomic mass is 32.2. The molecule has 8 heteroatoms. The van der Waals surface area contributed by atoms with Crippen LogP contribution in [0.25, 0.3) is 0 Å². The molecular weight excluding hydrogens is 402 g/mol. The van der Waals surface area contributed by atoms with Gasteiger partial charge in [-0.15, -0.1) is 0 Å². The van der Waals surface area contributed by atoms with Crippen LogP contribution in [0, 0.1) is 0 Å². The van der Waals surface area contributed by atoms with Gasteiger partial charge in [-0.2, -0.15) is 0 Å². The summed E-state index contributed by atoms with van der Waals surface area (Å²) in [7, 11) is -3.99. The van der Waals surface area contributed by atoms with E-state index < -0.39 is 15.9 Å². The molecule has 3 rings (SSSR count). The molecule has 0 radical (unpaired) electrons. The number of benzene rings is 3. The molecule has 3 N–H and O–H groups in total. The summed E-state index contributed by atoms with van der Waals surface area (Å²) in [5, 5.41) is 5.88. The molecule has 0 aliphatic heterocycles. The van der Waals surface area contributed by atoms with Crippen LogP contribution >= 0.6 is 0 Å². The van der Waals surface area contributed by atoms with E-state index in [1.165, 1.54) is 31.2 Å². The SMILES string of the molecule is CC(=O)Nc1ccc(C(=O)NS(=O)(=O)c2ccccc2)cc1NCc1ccccc1. The van der Waals surface area contributed by atoms with E-state index in [1.54, 1.807) is 24.3 Å². The maximum Gasteiger partial charge on any atom is 0.265 e. The molecule has 154 valence electrons. The predicted molar refractivity (Wildman–Crippen MR) is 116 cm³/mol. The Hall–Kier alpha value is -3.65. The van der Waals surface area contributed by atoms with E-state index in [2.05, 4.69) is 15.4 Å². The van der Waals surface area contributed by atoms with Gasteiger partial charge in [-0.3, -0.25) is 9.59 Å². The van der Waals surface area contributed by atoms with Crippen LogP contribution in [0.2, 0.25) is 0 Å². The molecule has 7 nitrogen and oxygen atoms in total. The van der Waals surface area contributed by atoms with Crippen molar-refractivity contribution in [1.82, 2.24) is 4.72 Å². The highest BCUT2D eigenvalue weighted by molar-refractivity contribution is 7.90. The predicted octanol–water partition coefficient (Wildman–Crippen LogP) is 3.38. The fourth-order valence-electron chi connectivity index (χ4n) is 2.76. The molecule has 0 aromatic heterocycles. The van der Waals surface area contributed by atoms with Crippen molar-refractivity contribution in [2.45, 2.75) is 18.4 Å². The van der Waals surface area contributed by atoms with Crippen molar-refractivity contribution in [2.24, 2.45) is 0 Å². The van der Waals surface area contributed by atoms with Crippen LogP contribution in [0.1, 0.15) is 22.8 Å². The Labute approximate surface area is 175 Å². The Kier molecular flexibility index (Phi) is 6.48. The van der Waals surface area contributed by atoms with Gasteiger partial charge in [0.15, 0.2) is 0 Å². The largest absolute Gasteiger partial charge is 0.379 e. The van der Waals surface area contributed by atoms with E-state index in [0.717, 1.165) is 5.56 Å². The Morgan fingerprint density at radius 3 is 2.10 bits per heavy atom. The molecule has 0 fully saturated rings. The van der Waals surface area contributed by atoms with E-state index in [9.17, 15) is 18.0 Å². The van der Waals surface area contributed by atoms with Crippen molar-refractivity contribution >= 4 is 33.2 Å². The van der Waals surface area contributed by atoms with Crippen molar-refractivity contribution < 1.29 is 18.0 Å². The standard InChI is InChI=1S/C22H21N3O4S/c1-16(26)24-20-13-12-18(14-21(20)23-15-17-8-4-2-5-9-17)22(27)25-30(28,29)19-10-6-3-7-11-19/h2-14,23H,15H2,1H3,(H,24,26)(H,25,27). The van der Waals surface area contributed by atoms with Crippen LogP contribution in [0.3, 0.4) is 0 Å². The molecule has 0 unspecified atom stereocenters. The average Bonchev–Trinajstić information content (AvgIpc) is 2.73. The quantitative estimate of drug-likeness (QED) is 0.540. The second-order valence-corrected chi connectivity index (χ2v) is 8.21. The number of hydrogen-bond donors (Lipinski definition) is 3. The normalized spacial score (nSPS) is 10.8. The van der Waals surface area contributed by atoms with E-state index in [4.69, 9.17) is 0 Å². The third-order valence-corrected chi connectivity index (χ3v) is 5.55. The van der Waals surface area contributed by atoms with E-state index >= 15 is 0 Å². The summed E-state index contributed by atoms with van der Waals surface area (Å²) < 4.78 is 26.9. The number of carbonyl (C=O) groups excluding carboxylic acids is 2. The van der Waals surface area contributed by atoms with Gasteiger partial charge in [-0.05, 0) is 35.9 Å². The summed E-state index contributed by atoms with van der Waals surface area (Å²) >= 11 is 0. The molecule has 0 heterocycles. The molecule has 0 aliphatic rings. The number of rotatable bonds is 7. The van der Waals surface area contributed by atoms with Crippen LogP contribution in [-0.4, -0.2) is 20.2 Å². The summed E-state index contributed by atoms with van der Waals surface area (Å²) in [6, 6.07) is 21.8. The van der Waals surface area contributed by atoms with E-state index in [1.807, 2.05) is 30.3 Å². The average molecular weight is 423 g/mol. The summed E-state index contributed by atoms with van der Waals surface area (Å²) in [5.74, 6) is -1.03. The maximum atomic E-state index is 12.6. The second-order valence-electron chi connectivity index (χ2n) is 6.53. The minimum atomic E-state index is -3.99. The van der Waals surface area contributed by atoms with Crippen LogP contribution in [0.15, 0.2) is 83.8 Å². The summed E-state index contributed by atoms with van der Waals surface area (Å²) in [6.07, 6.45) is 0. The number of anilines is 2. The summed E-state index contributed by atoms with van der Waals surface area (Å²) in [6.45, 7) is 1.84. The zero-order chi connectivity index (χ0) is 21.6. The minimum absolute atomic E-state index is 0.00403. The first kappa shape index (κ1) is 21.1. The highest BCUT2D eigenvalue weighted by Gasteiger charge is 2.19. The van der Waals surface area contributed by atoms with Gasteiger partial charge in [0.1, 0.15) is 0 Å². The Balaban J connectivity index is 1.84. The third kappa shape index (κ3) is 5.45. The fraction of sp³-hybridized carbons (Fsp3) is 0.0909. The first-order chi connectivity index (χ1) is 14.3. The zero-order valence-electron chi connectivity index (χ0n) is 16.3. The molecule has 0 spiro atoms. The molecule has 3 aromatic carbocycles. The van der Waals surface area contributed by atoms with Gasteiger partial charge >= 0.3 is 0 Å². The molecule has 30 heavy (non-hydrogen) atoms. The molecule has 3 aromatic rings. The highest BCUT2D eigenvalue weighted by Crippen LogP contribution is 2.24. The maximum absolute atomic E-state index is 12.6. The van der Waals surface area contributed by atoms with Crippen LogP contribution in [-0.2, 0) is 21.4 Å². The van der Waals surface area contributed by atoms with Crippen molar-refractivity contribution in [1.29, 1.82) is 0 Å². The van der Waals surface area contributed by atoms with Crippen LogP contribution < -0.4 is 15.4 Å². The number of nitrogens with one attached hydrogen (secondary N) is 3. The molecular formula is C22H21N3O4S. The van der Waals surface area contributed by atoms with Crippen LogP contribution in [0.4, 0.5) is 11.4 Å². The lowest BCUT2D eigenvalue weighted by Crippen LogP contribution is -2.30. The number of carbonyl (C=O) groups is 2. The molecule has 0 saturated heterocycles. The zero-order valence-corrected chi connectivity index (χ0v) is 17.1. The lowest BCUT2D eigenvalue weighted by atomic mass is 10.1. The molecule has 0 aliphatic carbocycles. The smallest absolute Gasteiger partial charge is 0.265 e. The number of amides is 2. The van der Waals surface area contributed by atoms with Crippen molar-refractivity contribution in [2.75, 3.05) is 10.6 Å². The summed E-state index contributed by atoms with van der Waals surface area (Å²) in [4.78, 5) is 24.1. The Bertz CT molecular complexity index is 1150.